The van der Waals surface area contributed by atoms with Crippen molar-refractivity contribution < 1.29 is 0 Å². The number of hydrogen-bond acceptors (Lipinski definition) is 4. The molecule has 0 saturated heterocycles. The van der Waals surface area contributed by atoms with Gasteiger partial charge in [0.05, 0.1) is 5.69 Å². The van der Waals surface area contributed by atoms with Gasteiger partial charge in [-0.25, -0.2) is 10.8 Å². The Kier molecular flexibility index (Phi) is 5.22. The monoisotopic (exact) mass is 222 g/mol. The lowest BCUT2D eigenvalue weighted by molar-refractivity contribution is 0.211. The highest BCUT2D eigenvalue weighted by atomic mass is 15.3. The summed E-state index contributed by atoms with van der Waals surface area (Å²) >= 11 is 0. The summed E-state index contributed by atoms with van der Waals surface area (Å²) in [4.78, 5) is 6.82. The van der Waals surface area contributed by atoms with Gasteiger partial charge in [-0.05, 0) is 38.9 Å². The van der Waals surface area contributed by atoms with Crippen LogP contribution in [0.4, 0.5) is 5.82 Å². The molecule has 1 aromatic heterocycles. The van der Waals surface area contributed by atoms with Crippen molar-refractivity contribution in [1.29, 1.82) is 0 Å². The smallest absolute Gasteiger partial charge is 0.140 e. The van der Waals surface area contributed by atoms with Gasteiger partial charge < -0.3 is 5.43 Å². The number of rotatable bonds is 6. The molecular formula is C12H22N4. The molecule has 0 radical (unpaired) electrons. The third kappa shape index (κ3) is 3.79. The summed E-state index contributed by atoms with van der Waals surface area (Å²) in [5.74, 6) is 6.06. The number of anilines is 1. The predicted molar refractivity (Wildman–Crippen MR) is 67.9 cm³/mol. The summed E-state index contributed by atoms with van der Waals surface area (Å²) in [5, 5.41) is 0. The van der Waals surface area contributed by atoms with Crippen LogP contribution < -0.4 is 11.3 Å². The number of nitrogens with two attached hydrogens (primary N) is 1. The van der Waals surface area contributed by atoms with E-state index in [2.05, 4.69) is 36.1 Å². The number of aromatic nitrogens is 1. The first-order valence-corrected chi connectivity index (χ1v) is 5.84. The topological polar surface area (TPSA) is 54.2 Å². The number of hydrogen-bond donors (Lipinski definition) is 2. The van der Waals surface area contributed by atoms with Gasteiger partial charge in [-0.15, -0.1) is 0 Å². The summed E-state index contributed by atoms with van der Waals surface area (Å²) in [7, 11) is 0. The van der Waals surface area contributed by atoms with Crippen molar-refractivity contribution in [2.75, 3.05) is 12.0 Å². The SMILES string of the molecule is CCCN(Cc1cccc(NN)n1)C(C)C. The number of nitrogens with zero attached hydrogens (tertiary/aromatic N) is 2. The molecule has 0 amide bonds. The second-order valence-electron chi connectivity index (χ2n) is 4.22. The Bertz CT molecular complexity index is 312. The van der Waals surface area contributed by atoms with E-state index in [0.717, 1.165) is 31.0 Å². The standard InChI is InChI=1S/C12H22N4/c1-4-8-16(10(2)3)9-11-6-5-7-12(14-11)15-13/h5-7,10H,4,8-9,13H2,1-3H3,(H,14,15). The zero-order valence-corrected chi connectivity index (χ0v) is 10.4. The maximum atomic E-state index is 5.34. The molecule has 0 fully saturated rings. The van der Waals surface area contributed by atoms with Gasteiger partial charge in [0.1, 0.15) is 5.82 Å². The van der Waals surface area contributed by atoms with Crippen molar-refractivity contribution in [3.63, 3.8) is 0 Å². The highest BCUT2D eigenvalue weighted by Crippen LogP contribution is 2.09. The quantitative estimate of drug-likeness (QED) is 0.571. The lowest BCUT2D eigenvalue weighted by Crippen LogP contribution is -2.31. The van der Waals surface area contributed by atoms with E-state index in [0.29, 0.717) is 6.04 Å². The van der Waals surface area contributed by atoms with Gasteiger partial charge in [-0.2, -0.15) is 0 Å². The lowest BCUT2D eigenvalue weighted by Gasteiger charge is -2.25. The molecule has 0 aromatic carbocycles. The molecule has 90 valence electrons. The number of nitrogens with one attached hydrogen (secondary N) is 1. The van der Waals surface area contributed by atoms with Crippen LogP contribution in [-0.4, -0.2) is 22.5 Å². The second-order valence-corrected chi connectivity index (χ2v) is 4.22. The number of nitrogen functional groups attached to an aromatic ring is 1. The van der Waals surface area contributed by atoms with Crippen LogP contribution in [0.15, 0.2) is 18.2 Å². The molecule has 1 aromatic rings. The van der Waals surface area contributed by atoms with Crippen LogP contribution in [0, 0.1) is 0 Å². The first kappa shape index (κ1) is 12.9. The molecule has 16 heavy (non-hydrogen) atoms. The highest BCUT2D eigenvalue weighted by molar-refractivity contribution is 5.33. The first-order chi connectivity index (χ1) is 7.67. The fourth-order valence-corrected chi connectivity index (χ4v) is 1.66. The summed E-state index contributed by atoms with van der Waals surface area (Å²) in [5.41, 5.74) is 3.63. The maximum absolute atomic E-state index is 5.34. The molecule has 0 saturated carbocycles. The van der Waals surface area contributed by atoms with E-state index in [1.807, 2.05) is 18.2 Å². The third-order valence-electron chi connectivity index (χ3n) is 2.56. The van der Waals surface area contributed by atoms with Crippen molar-refractivity contribution in [2.24, 2.45) is 5.84 Å². The van der Waals surface area contributed by atoms with E-state index in [4.69, 9.17) is 5.84 Å². The van der Waals surface area contributed by atoms with Gasteiger partial charge in [0.25, 0.3) is 0 Å². The average Bonchev–Trinajstić information content (AvgIpc) is 2.28. The minimum atomic E-state index is 0.538. The summed E-state index contributed by atoms with van der Waals surface area (Å²) in [6, 6.07) is 6.41. The van der Waals surface area contributed by atoms with E-state index in [-0.39, 0.29) is 0 Å². The van der Waals surface area contributed by atoms with Crippen LogP contribution in [0.1, 0.15) is 32.9 Å². The normalized spacial score (nSPS) is 11.1. The molecule has 0 spiro atoms. The van der Waals surface area contributed by atoms with Crippen LogP contribution in [0.2, 0.25) is 0 Å². The highest BCUT2D eigenvalue weighted by Gasteiger charge is 2.09. The Labute approximate surface area is 97.8 Å². The molecule has 0 bridgehead atoms. The van der Waals surface area contributed by atoms with Gasteiger partial charge >= 0.3 is 0 Å². The maximum Gasteiger partial charge on any atom is 0.140 e. The van der Waals surface area contributed by atoms with Crippen LogP contribution in [-0.2, 0) is 6.54 Å². The van der Waals surface area contributed by atoms with Crippen LogP contribution in [0.5, 0.6) is 0 Å². The Morgan fingerprint density at radius 2 is 2.19 bits per heavy atom. The van der Waals surface area contributed by atoms with Crippen LogP contribution in [0.25, 0.3) is 0 Å². The number of hydrazine groups is 1. The zero-order valence-electron chi connectivity index (χ0n) is 10.4. The van der Waals surface area contributed by atoms with E-state index in [1.165, 1.54) is 0 Å². The molecule has 1 heterocycles. The van der Waals surface area contributed by atoms with Gasteiger partial charge in [0.15, 0.2) is 0 Å². The fourth-order valence-electron chi connectivity index (χ4n) is 1.66. The molecule has 0 aliphatic heterocycles. The summed E-state index contributed by atoms with van der Waals surface area (Å²) in [6.07, 6.45) is 1.16. The van der Waals surface area contributed by atoms with Crippen molar-refractivity contribution in [3.8, 4) is 0 Å². The average molecular weight is 222 g/mol. The molecule has 0 aliphatic rings. The third-order valence-corrected chi connectivity index (χ3v) is 2.56. The zero-order chi connectivity index (χ0) is 12.0. The molecule has 0 aliphatic carbocycles. The predicted octanol–water partition coefficient (Wildman–Crippen LogP) is 1.99. The second kappa shape index (κ2) is 6.45. The van der Waals surface area contributed by atoms with Gasteiger partial charge in [-0.1, -0.05) is 13.0 Å². The molecule has 1 rings (SSSR count). The van der Waals surface area contributed by atoms with Crippen LogP contribution >= 0.6 is 0 Å². The Hall–Kier alpha value is -1.13. The van der Waals surface area contributed by atoms with E-state index < -0.39 is 0 Å². The van der Waals surface area contributed by atoms with E-state index in [9.17, 15) is 0 Å². The summed E-state index contributed by atoms with van der Waals surface area (Å²) < 4.78 is 0. The largest absolute Gasteiger partial charge is 0.308 e. The Morgan fingerprint density at radius 1 is 1.44 bits per heavy atom. The van der Waals surface area contributed by atoms with Crippen molar-refractivity contribution in [3.05, 3.63) is 23.9 Å². The van der Waals surface area contributed by atoms with Gasteiger partial charge in [0, 0.05) is 12.6 Å². The van der Waals surface area contributed by atoms with Gasteiger partial charge in [-0.3, -0.25) is 4.90 Å². The Balaban J connectivity index is 2.68. The number of pyridine rings is 1. The van der Waals surface area contributed by atoms with Crippen molar-refractivity contribution in [2.45, 2.75) is 39.8 Å². The molecule has 3 N–H and O–H groups in total. The summed E-state index contributed by atoms with van der Waals surface area (Å²) in [6.45, 7) is 8.59. The molecule has 4 heteroatoms. The molecule has 0 unspecified atom stereocenters. The molecule has 4 nitrogen and oxygen atoms in total. The molecule has 0 atom stereocenters. The minimum absolute atomic E-state index is 0.538. The van der Waals surface area contributed by atoms with Crippen molar-refractivity contribution >= 4 is 5.82 Å². The molecular weight excluding hydrogens is 200 g/mol. The van der Waals surface area contributed by atoms with Crippen molar-refractivity contribution in [1.82, 2.24) is 9.88 Å². The fraction of sp³-hybridized carbons (Fsp3) is 0.583. The lowest BCUT2D eigenvalue weighted by atomic mass is 10.2. The minimum Gasteiger partial charge on any atom is -0.308 e. The Morgan fingerprint density at radius 3 is 2.75 bits per heavy atom. The van der Waals surface area contributed by atoms with Crippen LogP contribution in [0.3, 0.4) is 0 Å². The van der Waals surface area contributed by atoms with E-state index in [1.54, 1.807) is 0 Å². The first-order valence-electron chi connectivity index (χ1n) is 5.84. The van der Waals surface area contributed by atoms with E-state index >= 15 is 0 Å². The van der Waals surface area contributed by atoms with Gasteiger partial charge in [0.2, 0.25) is 0 Å².